The van der Waals surface area contributed by atoms with Crippen LogP contribution < -0.4 is 10.6 Å². The lowest BCUT2D eigenvalue weighted by atomic mass is 9.82. The fourth-order valence-electron chi connectivity index (χ4n) is 4.78. The van der Waals surface area contributed by atoms with Crippen LogP contribution in [0, 0.1) is 12.8 Å². The Bertz CT molecular complexity index is 1130. The van der Waals surface area contributed by atoms with Gasteiger partial charge in [0.15, 0.2) is 5.82 Å². The van der Waals surface area contributed by atoms with Gasteiger partial charge >= 0.3 is 0 Å². The number of nitrogens with one attached hydrogen (secondary N) is 2. The largest absolute Gasteiger partial charge is 0.359 e. The Labute approximate surface area is 188 Å². The van der Waals surface area contributed by atoms with Crippen LogP contribution in [0.4, 0.5) is 5.82 Å². The highest BCUT2D eigenvalue weighted by Gasteiger charge is 2.35. The molecular weight excluding hydrogens is 430 g/mol. The highest BCUT2D eigenvalue weighted by atomic mass is 32.2. The molecule has 9 nitrogen and oxygen atoms in total. The fourth-order valence-corrected chi connectivity index (χ4v) is 5.53. The molecule has 0 bridgehead atoms. The zero-order valence-corrected chi connectivity index (χ0v) is 19.6. The van der Waals surface area contributed by atoms with Crippen molar-refractivity contribution in [3.8, 4) is 0 Å². The third kappa shape index (κ3) is 4.80. The lowest BCUT2D eigenvalue weighted by Crippen LogP contribution is -2.63. The Morgan fingerprint density at radius 1 is 1.16 bits per heavy atom. The quantitative estimate of drug-likeness (QED) is 0.643. The number of amides is 1. The van der Waals surface area contributed by atoms with E-state index < -0.39 is 10.0 Å². The van der Waals surface area contributed by atoms with Gasteiger partial charge in [-0.15, -0.1) is 5.10 Å². The molecule has 174 valence electrons. The zero-order chi connectivity index (χ0) is 23.0. The van der Waals surface area contributed by atoms with Crippen LogP contribution in [-0.2, 0) is 19.6 Å². The molecule has 2 aliphatic rings. The van der Waals surface area contributed by atoms with Crippen LogP contribution in [0.5, 0.6) is 0 Å². The number of rotatable bonds is 7. The second kappa shape index (κ2) is 8.82. The number of aromatic nitrogens is 2. The number of benzene rings is 1. The first-order valence-corrected chi connectivity index (χ1v) is 12.9. The van der Waals surface area contributed by atoms with E-state index in [-0.39, 0.29) is 24.4 Å². The summed E-state index contributed by atoms with van der Waals surface area (Å²) in [6.07, 6.45) is 5.12. The Kier molecular flexibility index (Phi) is 6.26. The van der Waals surface area contributed by atoms with Gasteiger partial charge in [-0.2, -0.15) is 4.09 Å². The van der Waals surface area contributed by atoms with E-state index in [0.717, 1.165) is 54.7 Å². The molecular formula is C22H31N5O4S. The molecule has 2 N–H and O–H groups in total. The molecule has 1 saturated carbocycles. The Balaban J connectivity index is 1.29. The number of anilines is 1. The fraction of sp³-hybridized carbons (Fsp3) is 0.591. The third-order valence-corrected chi connectivity index (χ3v) is 7.50. The lowest BCUT2D eigenvalue weighted by molar-refractivity contribution is -0.123. The first kappa shape index (κ1) is 22.7. The predicted molar refractivity (Wildman–Crippen MR) is 123 cm³/mol. The Morgan fingerprint density at radius 3 is 2.47 bits per heavy atom. The first-order valence-electron chi connectivity index (χ1n) is 11.1. The Morgan fingerprint density at radius 2 is 1.84 bits per heavy atom. The molecule has 2 fully saturated rings. The number of hydrogen-bond donors (Lipinski definition) is 2. The van der Waals surface area contributed by atoms with Crippen molar-refractivity contribution in [3.63, 3.8) is 0 Å². The van der Waals surface area contributed by atoms with Gasteiger partial charge in [0.05, 0.1) is 24.4 Å². The van der Waals surface area contributed by atoms with E-state index in [9.17, 15) is 18.0 Å². The van der Waals surface area contributed by atoms with Crippen LogP contribution in [0.15, 0.2) is 18.2 Å². The van der Waals surface area contributed by atoms with Crippen molar-refractivity contribution in [2.75, 3.05) is 31.2 Å². The average Bonchev–Trinajstić information content (AvgIpc) is 3.07. The van der Waals surface area contributed by atoms with Gasteiger partial charge in [-0.25, -0.2) is 8.42 Å². The summed E-state index contributed by atoms with van der Waals surface area (Å²) in [4.78, 5) is 26.4. The maximum Gasteiger partial charge on any atom is 0.251 e. The molecule has 1 aliphatic carbocycles. The molecule has 10 heteroatoms. The highest BCUT2D eigenvalue weighted by molar-refractivity contribution is 7.89. The SMILES string of the molecule is CC(=O)C1CCC(N2CC(NC(=O)CNc3nn(S(C)(=O)=O)c4ccc(C)cc34)C2)CC1. The van der Waals surface area contributed by atoms with Crippen LogP contribution in [0.3, 0.4) is 0 Å². The summed E-state index contributed by atoms with van der Waals surface area (Å²) in [6, 6.07) is 6.02. The summed E-state index contributed by atoms with van der Waals surface area (Å²) in [5, 5.41) is 10.9. The van der Waals surface area contributed by atoms with Crippen molar-refractivity contribution >= 4 is 38.4 Å². The number of fused-ring (bicyclic) bond motifs is 1. The van der Waals surface area contributed by atoms with Crippen molar-refractivity contribution in [1.29, 1.82) is 0 Å². The molecule has 0 spiro atoms. The minimum atomic E-state index is -3.56. The number of hydrogen-bond acceptors (Lipinski definition) is 7. The van der Waals surface area contributed by atoms with E-state index in [1.54, 1.807) is 13.0 Å². The number of carbonyl (C=O) groups is 2. The molecule has 2 heterocycles. The molecule has 0 radical (unpaired) electrons. The molecule has 1 saturated heterocycles. The average molecular weight is 462 g/mol. The van der Waals surface area contributed by atoms with Gasteiger partial charge in [0, 0.05) is 30.4 Å². The standard InChI is InChI=1S/C22H31N5O4S/c1-14-4-9-20-19(10-14)22(25-27(20)32(3,30)31)23-11-21(29)24-17-12-26(13-17)18-7-5-16(6-8-18)15(2)28/h4,9-10,16-18H,5-8,11-13H2,1-3H3,(H,23,25)(H,24,29). The van der Waals surface area contributed by atoms with Crippen LogP contribution in [0.25, 0.3) is 10.9 Å². The van der Waals surface area contributed by atoms with Gasteiger partial charge in [-0.05, 0) is 51.7 Å². The maximum atomic E-state index is 12.4. The summed E-state index contributed by atoms with van der Waals surface area (Å²) in [5.41, 5.74) is 1.46. The number of Topliss-reactive ketones (excluding diaryl/α,β-unsaturated/α-hetero) is 1. The molecule has 1 aliphatic heterocycles. The molecule has 1 aromatic heterocycles. The smallest absolute Gasteiger partial charge is 0.251 e. The summed E-state index contributed by atoms with van der Waals surface area (Å²) in [5.74, 6) is 0.750. The van der Waals surface area contributed by atoms with E-state index in [1.165, 1.54) is 0 Å². The van der Waals surface area contributed by atoms with Gasteiger partial charge in [0.2, 0.25) is 5.91 Å². The molecule has 2 aromatic rings. The minimum absolute atomic E-state index is 0.0179. The van der Waals surface area contributed by atoms with Crippen molar-refractivity contribution in [2.45, 2.75) is 51.6 Å². The van der Waals surface area contributed by atoms with Crippen LogP contribution in [-0.4, -0.2) is 72.2 Å². The van der Waals surface area contributed by atoms with Crippen molar-refractivity contribution < 1.29 is 18.0 Å². The van der Waals surface area contributed by atoms with E-state index in [0.29, 0.717) is 28.5 Å². The van der Waals surface area contributed by atoms with Gasteiger partial charge in [-0.1, -0.05) is 11.6 Å². The van der Waals surface area contributed by atoms with Crippen molar-refractivity contribution in [3.05, 3.63) is 23.8 Å². The van der Waals surface area contributed by atoms with Crippen molar-refractivity contribution in [2.24, 2.45) is 5.92 Å². The second-order valence-corrected chi connectivity index (χ2v) is 11.0. The topological polar surface area (TPSA) is 113 Å². The van der Waals surface area contributed by atoms with Gasteiger partial charge < -0.3 is 10.6 Å². The predicted octanol–water partition coefficient (Wildman–Crippen LogP) is 1.51. The normalized spacial score (nSPS) is 22.5. The van der Waals surface area contributed by atoms with E-state index in [4.69, 9.17) is 0 Å². The minimum Gasteiger partial charge on any atom is -0.359 e. The Hall–Kier alpha value is -2.46. The molecule has 0 atom stereocenters. The number of likely N-dealkylation sites (tertiary alicyclic amines) is 1. The van der Waals surface area contributed by atoms with Crippen LogP contribution in [0.2, 0.25) is 0 Å². The number of aryl methyl sites for hydroxylation is 1. The van der Waals surface area contributed by atoms with Crippen LogP contribution in [0.1, 0.15) is 38.2 Å². The zero-order valence-electron chi connectivity index (χ0n) is 18.8. The number of nitrogens with zero attached hydrogens (tertiary/aromatic N) is 3. The van der Waals surface area contributed by atoms with E-state index in [1.807, 2.05) is 19.1 Å². The number of ketones is 1. The maximum absolute atomic E-state index is 12.4. The van der Waals surface area contributed by atoms with E-state index >= 15 is 0 Å². The molecule has 1 amide bonds. The summed E-state index contributed by atoms with van der Waals surface area (Å²) in [7, 11) is -3.56. The summed E-state index contributed by atoms with van der Waals surface area (Å²) < 4.78 is 25.1. The third-order valence-electron chi connectivity index (χ3n) is 6.60. The second-order valence-electron chi connectivity index (χ2n) is 9.16. The molecule has 32 heavy (non-hydrogen) atoms. The molecule has 4 rings (SSSR count). The summed E-state index contributed by atoms with van der Waals surface area (Å²) >= 11 is 0. The van der Waals surface area contributed by atoms with Gasteiger partial charge in [-0.3, -0.25) is 14.5 Å². The molecule has 1 aromatic carbocycles. The van der Waals surface area contributed by atoms with Crippen molar-refractivity contribution in [1.82, 2.24) is 19.4 Å². The summed E-state index contributed by atoms with van der Waals surface area (Å²) in [6.45, 7) is 5.27. The highest BCUT2D eigenvalue weighted by Crippen LogP contribution is 2.30. The molecule has 0 unspecified atom stereocenters. The monoisotopic (exact) mass is 461 g/mol. The first-order chi connectivity index (χ1) is 15.1. The van der Waals surface area contributed by atoms with E-state index in [2.05, 4.69) is 20.6 Å². The van der Waals surface area contributed by atoms with Gasteiger partial charge in [0.25, 0.3) is 10.0 Å². The van der Waals surface area contributed by atoms with Gasteiger partial charge in [0.1, 0.15) is 5.78 Å². The van der Waals surface area contributed by atoms with Crippen LogP contribution >= 0.6 is 0 Å². The number of carbonyl (C=O) groups excluding carboxylic acids is 2. The lowest BCUT2D eigenvalue weighted by Gasteiger charge is -2.46.